The van der Waals surface area contributed by atoms with Crippen LogP contribution >= 0.6 is 0 Å². The van der Waals surface area contributed by atoms with Gasteiger partial charge in [-0.05, 0) is 96.3 Å². The van der Waals surface area contributed by atoms with Crippen LogP contribution in [-0.2, 0) is 23.8 Å². The van der Waals surface area contributed by atoms with E-state index in [0.717, 1.165) is 109 Å². The van der Waals surface area contributed by atoms with Crippen LogP contribution in [0.15, 0.2) is 85.1 Å². The van der Waals surface area contributed by atoms with Crippen LogP contribution in [0.1, 0.15) is 297 Å². The molecular weight excluding hydrogens is 1040 g/mol. The highest BCUT2D eigenvalue weighted by Crippen LogP contribution is 2.26. The number of allylic oxidation sites excluding steroid dienone is 13. The Labute approximate surface area is 508 Å². The molecule has 0 bridgehead atoms. The standard InChI is InChI=1S/C72H127NO10/c1-4-7-10-13-16-19-22-24-26-28-30-31-32-33-34-35-36-38-40-42-45-48-51-54-57-60-67(77)83-70-69(79)68(78)66(61-74)82-72(70)81-62-63(64(75)58-55-52-49-46-43-21-18-15-12-9-6-3)73-71(80)65(76)59-56-53-50-47-44-41-39-37-29-27-25-23-20-17-14-11-8-5-2/h7,10,16,19,24-27,30-31,33-34,55,58,63-66,68-70,72,74-76,78-79H,4-6,8-9,11-15,17-18,20-23,28-29,32,35-54,56-57,59-62H2,1-3H3,(H,73,80)/b10-7-,19-16-,26-24-,27-25+,31-30-,34-33-,58-55+. The minimum Gasteiger partial charge on any atom is -0.454 e. The molecule has 1 aliphatic rings. The number of amides is 1. The van der Waals surface area contributed by atoms with E-state index in [1.54, 1.807) is 6.08 Å². The minimum atomic E-state index is -1.62. The molecule has 0 aromatic heterocycles. The van der Waals surface area contributed by atoms with E-state index >= 15 is 0 Å². The first kappa shape index (κ1) is 77.9. The Bertz CT molecular complexity index is 1670. The number of hydrogen-bond donors (Lipinski definition) is 6. The lowest BCUT2D eigenvalue weighted by atomic mass is 9.99. The Morgan fingerprint density at radius 1 is 0.482 bits per heavy atom. The lowest BCUT2D eigenvalue weighted by Gasteiger charge is -2.41. The Kier molecular flexibility index (Phi) is 55.5. The zero-order valence-electron chi connectivity index (χ0n) is 53.3. The van der Waals surface area contributed by atoms with E-state index in [0.29, 0.717) is 12.8 Å². The second kappa shape index (κ2) is 59.2. The van der Waals surface area contributed by atoms with E-state index in [1.807, 2.05) is 6.08 Å². The molecule has 11 nitrogen and oxygen atoms in total. The van der Waals surface area contributed by atoms with Crippen LogP contribution in [0.2, 0.25) is 0 Å². The zero-order chi connectivity index (χ0) is 60.3. The Morgan fingerprint density at radius 3 is 1.31 bits per heavy atom. The number of ether oxygens (including phenoxy) is 3. The number of carbonyl (C=O) groups is 2. The van der Waals surface area contributed by atoms with Crippen LogP contribution in [-0.4, -0.2) is 99.6 Å². The van der Waals surface area contributed by atoms with Crippen LogP contribution < -0.4 is 5.32 Å². The van der Waals surface area contributed by atoms with Crippen molar-refractivity contribution >= 4 is 11.9 Å². The van der Waals surface area contributed by atoms with E-state index in [1.165, 1.54) is 141 Å². The van der Waals surface area contributed by atoms with Gasteiger partial charge in [-0.15, -0.1) is 0 Å². The molecule has 0 spiro atoms. The Hall–Kier alpha value is -3.16. The van der Waals surface area contributed by atoms with Crippen LogP contribution in [0.3, 0.4) is 0 Å². The molecule has 1 fully saturated rings. The second-order valence-electron chi connectivity index (χ2n) is 23.5. The summed E-state index contributed by atoms with van der Waals surface area (Å²) in [6.07, 6.45) is 67.6. The molecule has 0 aromatic rings. The van der Waals surface area contributed by atoms with E-state index in [2.05, 4.69) is 99.0 Å². The number of carbonyl (C=O) groups excluding carboxylic acids is 2. The fourth-order valence-electron chi connectivity index (χ4n) is 10.4. The summed E-state index contributed by atoms with van der Waals surface area (Å²) in [6, 6.07) is -1.03. The smallest absolute Gasteiger partial charge is 0.306 e. The second-order valence-corrected chi connectivity index (χ2v) is 23.5. The average molecular weight is 1170 g/mol. The van der Waals surface area contributed by atoms with E-state index < -0.39 is 67.4 Å². The third-order valence-electron chi connectivity index (χ3n) is 15.8. The summed E-state index contributed by atoms with van der Waals surface area (Å²) in [5, 5.41) is 57.1. The highest BCUT2D eigenvalue weighted by molar-refractivity contribution is 5.80. The average Bonchev–Trinajstić information content (AvgIpc) is 3.67. The van der Waals surface area contributed by atoms with Gasteiger partial charge in [0.15, 0.2) is 12.4 Å². The number of nitrogens with one attached hydrogen (secondary N) is 1. The van der Waals surface area contributed by atoms with Gasteiger partial charge in [-0.2, -0.15) is 0 Å². The number of unbranched alkanes of at least 4 members (excludes halogenated alkanes) is 32. The van der Waals surface area contributed by atoms with Gasteiger partial charge in [0.1, 0.15) is 24.4 Å². The first-order valence-corrected chi connectivity index (χ1v) is 34.4. The molecule has 0 aliphatic carbocycles. The van der Waals surface area contributed by atoms with Crippen LogP contribution in [0.5, 0.6) is 0 Å². The first-order chi connectivity index (χ1) is 40.7. The molecular formula is C72H127NO10. The Morgan fingerprint density at radius 2 is 0.867 bits per heavy atom. The maximum atomic E-state index is 13.5. The molecule has 11 heteroatoms. The molecule has 0 radical (unpaired) electrons. The summed E-state index contributed by atoms with van der Waals surface area (Å²) >= 11 is 0. The molecule has 1 amide bonds. The predicted octanol–water partition coefficient (Wildman–Crippen LogP) is 17.3. The number of aliphatic hydroxyl groups excluding tert-OH is 5. The van der Waals surface area contributed by atoms with Crippen molar-refractivity contribution in [2.24, 2.45) is 0 Å². The van der Waals surface area contributed by atoms with E-state index in [4.69, 9.17) is 14.2 Å². The summed E-state index contributed by atoms with van der Waals surface area (Å²) in [4.78, 5) is 26.6. The van der Waals surface area contributed by atoms with Crippen molar-refractivity contribution in [3.63, 3.8) is 0 Å². The van der Waals surface area contributed by atoms with Crippen molar-refractivity contribution in [1.29, 1.82) is 0 Å². The molecule has 8 unspecified atom stereocenters. The molecule has 1 rings (SSSR count). The van der Waals surface area contributed by atoms with Crippen molar-refractivity contribution in [3.05, 3.63) is 85.1 Å². The van der Waals surface area contributed by atoms with Gasteiger partial charge >= 0.3 is 5.97 Å². The molecule has 480 valence electrons. The lowest BCUT2D eigenvalue weighted by molar-refractivity contribution is -0.305. The normalized spacial score (nSPS) is 19.1. The molecule has 0 aromatic carbocycles. The number of aliphatic hydroxyl groups is 5. The number of rotatable bonds is 58. The SMILES string of the molecule is CC/C=C\C/C=C\C/C=C\C/C=C\C/C=C\CCCCCCCCCCCC(=O)OC1C(OCC(NC(=O)C(O)CCCCCCCCCC/C=C/CCCCCCCC)C(O)/C=C/CCCCCCCCCCC)OC(CO)C(O)C1O. The highest BCUT2D eigenvalue weighted by atomic mass is 16.7. The molecule has 6 N–H and O–H groups in total. The Balaban J connectivity index is 2.58. The first-order valence-electron chi connectivity index (χ1n) is 34.4. The van der Waals surface area contributed by atoms with Gasteiger partial charge in [-0.1, -0.05) is 279 Å². The van der Waals surface area contributed by atoms with Gasteiger partial charge in [0, 0.05) is 6.42 Å². The molecule has 1 aliphatic heterocycles. The van der Waals surface area contributed by atoms with Crippen molar-refractivity contribution < 1.29 is 49.3 Å². The van der Waals surface area contributed by atoms with E-state index in [-0.39, 0.29) is 19.4 Å². The molecule has 1 saturated heterocycles. The largest absolute Gasteiger partial charge is 0.454 e. The van der Waals surface area contributed by atoms with Gasteiger partial charge in [-0.25, -0.2) is 0 Å². The van der Waals surface area contributed by atoms with Crippen LogP contribution in [0.4, 0.5) is 0 Å². The van der Waals surface area contributed by atoms with Gasteiger partial charge in [-0.3, -0.25) is 9.59 Å². The highest BCUT2D eigenvalue weighted by Gasteiger charge is 2.47. The van der Waals surface area contributed by atoms with Gasteiger partial charge in [0.2, 0.25) is 5.91 Å². The topological polar surface area (TPSA) is 175 Å². The molecule has 83 heavy (non-hydrogen) atoms. The van der Waals surface area contributed by atoms with Crippen molar-refractivity contribution in [3.8, 4) is 0 Å². The third kappa shape index (κ3) is 46.7. The quantitative estimate of drug-likeness (QED) is 0.0195. The van der Waals surface area contributed by atoms with E-state index in [9.17, 15) is 35.1 Å². The summed E-state index contributed by atoms with van der Waals surface area (Å²) in [7, 11) is 0. The zero-order valence-corrected chi connectivity index (χ0v) is 53.3. The minimum absolute atomic E-state index is 0.113. The monoisotopic (exact) mass is 1170 g/mol. The lowest BCUT2D eigenvalue weighted by Crippen LogP contribution is -2.61. The summed E-state index contributed by atoms with van der Waals surface area (Å²) in [5.41, 5.74) is 0. The van der Waals surface area contributed by atoms with Crippen LogP contribution in [0, 0.1) is 0 Å². The number of hydrogen-bond acceptors (Lipinski definition) is 10. The fourth-order valence-corrected chi connectivity index (χ4v) is 10.4. The fraction of sp³-hybridized carbons (Fsp3) is 0.778. The van der Waals surface area contributed by atoms with Gasteiger partial charge in [0.05, 0.1) is 25.4 Å². The van der Waals surface area contributed by atoms with Crippen molar-refractivity contribution in [1.82, 2.24) is 5.32 Å². The maximum absolute atomic E-state index is 13.5. The van der Waals surface area contributed by atoms with Gasteiger partial charge < -0.3 is 45.1 Å². The predicted molar refractivity (Wildman–Crippen MR) is 347 cm³/mol. The maximum Gasteiger partial charge on any atom is 0.306 e. The third-order valence-corrected chi connectivity index (χ3v) is 15.8. The summed E-state index contributed by atoms with van der Waals surface area (Å²) in [5.74, 6) is -1.20. The molecule has 8 atom stereocenters. The summed E-state index contributed by atoms with van der Waals surface area (Å²) in [6.45, 7) is 5.68. The molecule has 0 saturated carbocycles. The van der Waals surface area contributed by atoms with Crippen molar-refractivity contribution in [2.75, 3.05) is 13.2 Å². The summed E-state index contributed by atoms with van der Waals surface area (Å²) < 4.78 is 17.7. The van der Waals surface area contributed by atoms with Crippen LogP contribution in [0.25, 0.3) is 0 Å². The van der Waals surface area contributed by atoms with Gasteiger partial charge in [0.25, 0.3) is 0 Å². The van der Waals surface area contributed by atoms with Crippen molar-refractivity contribution in [2.45, 2.75) is 346 Å². The molecule has 1 heterocycles. The number of esters is 1.